The molecule has 8 heteroatoms. The molecule has 1 atom stereocenters. The van der Waals surface area contributed by atoms with Crippen molar-refractivity contribution in [1.82, 2.24) is 14.3 Å². The Hall–Kier alpha value is -1.54. The second-order valence-corrected chi connectivity index (χ2v) is 7.27. The highest BCUT2D eigenvalue weighted by molar-refractivity contribution is 7.88. The quantitative estimate of drug-likeness (QED) is 0.856. The molecule has 1 aromatic rings. The molecule has 1 saturated heterocycles. The smallest absolute Gasteiger partial charge is 0.303 e. The minimum Gasteiger partial charge on any atom is -0.481 e. The van der Waals surface area contributed by atoms with Gasteiger partial charge in [0.2, 0.25) is 10.0 Å². The topological polar surface area (TPSA) is 100 Å². The van der Waals surface area contributed by atoms with Crippen molar-refractivity contribution < 1.29 is 18.3 Å². The van der Waals surface area contributed by atoms with Crippen molar-refractivity contribution in [3.63, 3.8) is 0 Å². The Labute approximate surface area is 124 Å². The van der Waals surface area contributed by atoms with Crippen molar-refractivity contribution >= 4 is 16.0 Å². The zero-order valence-corrected chi connectivity index (χ0v) is 12.7. The molecule has 116 valence electrons. The number of hydrogen-bond donors (Lipinski definition) is 1. The average molecular weight is 313 g/mol. The maximum absolute atomic E-state index is 11.6. The van der Waals surface area contributed by atoms with Crippen molar-refractivity contribution in [2.24, 2.45) is 0 Å². The molecule has 7 nitrogen and oxygen atoms in total. The van der Waals surface area contributed by atoms with E-state index in [1.807, 2.05) is 0 Å². The van der Waals surface area contributed by atoms with E-state index >= 15 is 0 Å². The molecule has 2 rings (SSSR count). The lowest BCUT2D eigenvalue weighted by Crippen LogP contribution is -2.38. The van der Waals surface area contributed by atoms with Gasteiger partial charge in [-0.25, -0.2) is 12.7 Å². The number of carbonyl (C=O) groups is 1. The summed E-state index contributed by atoms with van der Waals surface area (Å²) in [5.74, 6) is -0.813. The molecule has 1 N–H and O–H groups in total. The van der Waals surface area contributed by atoms with E-state index in [9.17, 15) is 13.2 Å². The molecule has 0 aromatic carbocycles. The van der Waals surface area contributed by atoms with Gasteiger partial charge in [0, 0.05) is 37.8 Å². The zero-order chi connectivity index (χ0) is 15.5. The van der Waals surface area contributed by atoms with Crippen molar-refractivity contribution in [2.45, 2.75) is 31.6 Å². The van der Waals surface area contributed by atoms with Crippen LogP contribution < -0.4 is 0 Å². The summed E-state index contributed by atoms with van der Waals surface area (Å²) >= 11 is 0. The van der Waals surface area contributed by atoms with Crippen LogP contribution in [0, 0.1) is 0 Å². The first-order chi connectivity index (χ1) is 9.86. The van der Waals surface area contributed by atoms with Crippen molar-refractivity contribution in [3.05, 3.63) is 23.8 Å². The Morgan fingerprint density at radius 2 is 2.19 bits per heavy atom. The Balaban J connectivity index is 2.03. The first kappa shape index (κ1) is 15.8. The number of aliphatic carboxylic acids is 1. The normalized spacial score (nSPS) is 20.3. The summed E-state index contributed by atoms with van der Waals surface area (Å²) < 4.78 is 24.7. The number of sulfonamides is 1. The Morgan fingerprint density at radius 3 is 2.76 bits per heavy atom. The van der Waals surface area contributed by atoms with Gasteiger partial charge < -0.3 is 5.11 Å². The molecule has 0 bridgehead atoms. The Bertz CT molecular complexity index is 600. The number of hydrogen-bond acceptors (Lipinski definition) is 5. The lowest BCUT2D eigenvalue weighted by atomic mass is 9.96. The second-order valence-electron chi connectivity index (χ2n) is 5.29. The molecule has 1 aromatic heterocycles. The molecular formula is C13H19N3O4S. The minimum atomic E-state index is -3.17. The van der Waals surface area contributed by atoms with Crippen molar-refractivity contribution in [1.29, 1.82) is 0 Å². The third-order valence-corrected chi connectivity index (χ3v) is 4.86. The van der Waals surface area contributed by atoms with E-state index in [1.165, 1.54) is 10.6 Å². The standard InChI is InChI=1S/C13H19N3O4S/c1-21(19,20)16-6-2-3-10(9-16)12-8-14-11(7-15-12)4-5-13(17)18/h7-8,10H,2-6,9H2,1H3,(H,17,18). The second kappa shape index (κ2) is 6.48. The van der Waals surface area contributed by atoms with Crippen LogP contribution in [0.1, 0.15) is 36.6 Å². The van der Waals surface area contributed by atoms with Gasteiger partial charge in [-0.1, -0.05) is 0 Å². The summed E-state index contributed by atoms with van der Waals surface area (Å²) in [7, 11) is -3.17. The summed E-state index contributed by atoms with van der Waals surface area (Å²) in [4.78, 5) is 19.0. The molecule has 1 fully saturated rings. The van der Waals surface area contributed by atoms with Crippen LogP contribution in [0.5, 0.6) is 0 Å². The van der Waals surface area contributed by atoms with Crippen LogP contribution in [0.4, 0.5) is 0 Å². The summed E-state index contributed by atoms with van der Waals surface area (Å²) in [5.41, 5.74) is 1.40. The lowest BCUT2D eigenvalue weighted by molar-refractivity contribution is -0.136. The predicted molar refractivity (Wildman–Crippen MR) is 76.4 cm³/mol. The van der Waals surface area contributed by atoms with Gasteiger partial charge >= 0.3 is 5.97 Å². The van der Waals surface area contributed by atoms with Crippen LogP contribution in [0.25, 0.3) is 0 Å². The molecule has 0 saturated carbocycles. The van der Waals surface area contributed by atoms with E-state index in [0.717, 1.165) is 18.5 Å². The average Bonchev–Trinajstić information content (AvgIpc) is 2.45. The molecule has 1 unspecified atom stereocenters. The number of rotatable bonds is 5. The monoisotopic (exact) mass is 313 g/mol. The Morgan fingerprint density at radius 1 is 1.43 bits per heavy atom. The van der Waals surface area contributed by atoms with Crippen LogP contribution in [-0.2, 0) is 21.2 Å². The SMILES string of the molecule is CS(=O)(=O)N1CCCC(c2cnc(CCC(=O)O)cn2)C1. The predicted octanol–water partition coefficient (Wildman–Crippen LogP) is 0.633. The Kier molecular flexibility index (Phi) is 4.89. The van der Waals surface area contributed by atoms with Crippen LogP contribution >= 0.6 is 0 Å². The van der Waals surface area contributed by atoms with Gasteiger partial charge in [0.05, 0.1) is 24.1 Å². The van der Waals surface area contributed by atoms with E-state index in [2.05, 4.69) is 9.97 Å². The zero-order valence-electron chi connectivity index (χ0n) is 11.9. The van der Waals surface area contributed by atoms with Crippen molar-refractivity contribution in [3.8, 4) is 0 Å². The van der Waals surface area contributed by atoms with Gasteiger partial charge in [-0.3, -0.25) is 14.8 Å². The molecule has 0 spiro atoms. The molecule has 21 heavy (non-hydrogen) atoms. The molecule has 2 heterocycles. The number of carboxylic acids is 1. The van der Waals surface area contributed by atoms with Crippen molar-refractivity contribution in [2.75, 3.05) is 19.3 Å². The van der Waals surface area contributed by atoms with Crippen LogP contribution in [0.15, 0.2) is 12.4 Å². The fraction of sp³-hybridized carbons (Fsp3) is 0.615. The molecular weight excluding hydrogens is 294 g/mol. The van der Waals surface area contributed by atoms with E-state index in [4.69, 9.17) is 5.11 Å². The highest BCUT2D eigenvalue weighted by Crippen LogP contribution is 2.26. The third kappa shape index (κ3) is 4.47. The maximum atomic E-state index is 11.6. The summed E-state index contributed by atoms with van der Waals surface area (Å²) in [6.45, 7) is 0.988. The number of nitrogens with zero attached hydrogens (tertiary/aromatic N) is 3. The number of aromatic nitrogens is 2. The van der Waals surface area contributed by atoms with E-state index in [0.29, 0.717) is 25.2 Å². The van der Waals surface area contributed by atoms with E-state index in [1.54, 1.807) is 12.4 Å². The third-order valence-electron chi connectivity index (χ3n) is 3.59. The molecule has 1 aliphatic heterocycles. The maximum Gasteiger partial charge on any atom is 0.303 e. The summed E-state index contributed by atoms with van der Waals surface area (Å²) in [6, 6.07) is 0. The number of piperidine rings is 1. The molecule has 1 aliphatic rings. The van der Waals surface area contributed by atoms with E-state index < -0.39 is 16.0 Å². The first-order valence-corrected chi connectivity index (χ1v) is 8.69. The highest BCUT2D eigenvalue weighted by atomic mass is 32.2. The van der Waals surface area contributed by atoms with Crippen LogP contribution in [0.3, 0.4) is 0 Å². The highest BCUT2D eigenvalue weighted by Gasteiger charge is 2.27. The molecule has 0 amide bonds. The molecule has 0 aliphatic carbocycles. The lowest BCUT2D eigenvalue weighted by Gasteiger charge is -2.30. The summed E-state index contributed by atoms with van der Waals surface area (Å²) in [6.07, 6.45) is 6.50. The minimum absolute atomic E-state index is 0.0271. The molecule has 0 radical (unpaired) electrons. The van der Waals surface area contributed by atoms with Gasteiger partial charge in [0.25, 0.3) is 0 Å². The van der Waals surface area contributed by atoms with Crippen LogP contribution in [0.2, 0.25) is 0 Å². The number of carboxylic acid groups (broad SMARTS) is 1. The largest absolute Gasteiger partial charge is 0.481 e. The van der Waals surface area contributed by atoms with E-state index in [-0.39, 0.29) is 12.3 Å². The van der Waals surface area contributed by atoms with Gasteiger partial charge in [-0.2, -0.15) is 0 Å². The fourth-order valence-electron chi connectivity index (χ4n) is 2.42. The fourth-order valence-corrected chi connectivity index (χ4v) is 3.34. The van der Waals surface area contributed by atoms with Gasteiger partial charge in [0.1, 0.15) is 0 Å². The summed E-state index contributed by atoms with van der Waals surface area (Å²) in [5, 5.41) is 8.63. The van der Waals surface area contributed by atoms with Gasteiger partial charge in [-0.05, 0) is 12.8 Å². The van der Waals surface area contributed by atoms with Gasteiger partial charge in [0.15, 0.2) is 0 Å². The number of aryl methyl sites for hydroxylation is 1. The van der Waals surface area contributed by atoms with Gasteiger partial charge in [-0.15, -0.1) is 0 Å². The van der Waals surface area contributed by atoms with Crippen LogP contribution in [-0.4, -0.2) is 53.1 Å². The first-order valence-electron chi connectivity index (χ1n) is 6.84.